The summed E-state index contributed by atoms with van der Waals surface area (Å²) in [6.07, 6.45) is 2.55. The fourth-order valence-electron chi connectivity index (χ4n) is 6.36. The maximum Gasteiger partial charge on any atom is 0.167 e. The number of aryl methyl sites for hydroxylation is 1. The highest BCUT2D eigenvalue weighted by Crippen LogP contribution is 2.40. The second-order valence-electron chi connectivity index (χ2n) is 13.5. The Balaban J connectivity index is 1.08. The Kier molecular flexibility index (Phi) is 7.25. The Morgan fingerprint density at radius 3 is 2.57 bits per heavy atom. The van der Waals surface area contributed by atoms with Crippen molar-refractivity contribution in [1.29, 1.82) is 0 Å². The summed E-state index contributed by atoms with van der Waals surface area (Å²) in [6, 6.07) is 6.58. The molecule has 4 unspecified atom stereocenters. The number of anilines is 1. The Hall–Kier alpha value is -3.16. The number of imidazole rings is 2. The number of rotatable bonds is 8. The van der Waals surface area contributed by atoms with Gasteiger partial charge in [-0.05, 0) is 62.1 Å². The first kappa shape index (κ1) is 28.9. The van der Waals surface area contributed by atoms with Crippen molar-refractivity contribution in [2.24, 2.45) is 5.92 Å². The molecule has 0 amide bonds. The lowest BCUT2D eigenvalue weighted by atomic mass is 9.76. The van der Waals surface area contributed by atoms with Crippen LogP contribution in [-0.4, -0.2) is 86.3 Å². The summed E-state index contributed by atoms with van der Waals surface area (Å²) < 4.78 is 7.74. The van der Waals surface area contributed by atoms with Crippen molar-refractivity contribution in [2.75, 3.05) is 12.3 Å². The average Bonchev–Trinajstić information content (AvgIpc) is 3.57. The van der Waals surface area contributed by atoms with Gasteiger partial charge in [0.1, 0.15) is 41.7 Å². The number of hydrogen-bond donors (Lipinski definition) is 5. The number of aromatic nitrogens is 6. The first-order valence-corrected chi connectivity index (χ1v) is 14.7. The molecular weight excluding hydrogens is 536 g/mol. The highest BCUT2D eigenvalue weighted by molar-refractivity contribution is 5.81. The normalized spacial score (nSPS) is 26.9. The third-order valence-corrected chi connectivity index (χ3v) is 8.92. The molecule has 4 aromatic rings. The number of nitrogens with one attached hydrogen (secondary N) is 1. The number of aliphatic hydroxyl groups is 3. The van der Waals surface area contributed by atoms with Crippen molar-refractivity contribution < 1.29 is 20.1 Å². The van der Waals surface area contributed by atoms with Gasteiger partial charge in [-0.2, -0.15) is 0 Å². The van der Waals surface area contributed by atoms with Crippen LogP contribution in [0.5, 0.6) is 0 Å². The van der Waals surface area contributed by atoms with Crippen molar-refractivity contribution >= 4 is 28.0 Å². The minimum Gasteiger partial charge on any atom is -0.387 e. The van der Waals surface area contributed by atoms with Gasteiger partial charge in [0, 0.05) is 19.0 Å². The predicted octanol–water partition coefficient (Wildman–Crippen LogP) is 2.64. The lowest BCUT2D eigenvalue weighted by Gasteiger charge is -2.49. The van der Waals surface area contributed by atoms with Crippen molar-refractivity contribution in [3.8, 4) is 0 Å². The molecule has 2 fully saturated rings. The highest BCUT2D eigenvalue weighted by Gasteiger charge is 2.48. The van der Waals surface area contributed by atoms with Crippen LogP contribution in [0.3, 0.4) is 0 Å². The topological polar surface area (TPSA) is 171 Å². The quantitative estimate of drug-likeness (QED) is 0.196. The molecule has 0 bridgehead atoms. The van der Waals surface area contributed by atoms with E-state index in [0.29, 0.717) is 17.1 Å². The van der Waals surface area contributed by atoms with Crippen LogP contribution in [0.1, 0.15) is 71.5 Å². The molecule has 0 spiro atoms. The van der Waals surface area contributed by atoms with Crippen molar-refractivity contribution in [1.82, 2.24) is 34.4 Å². The van der Waals surface area contributed by atoms with E-state index in [0.717, 1.165) is 42.5 Å². The Morgan fingerprint density at radius 1 is 1.10 bits per heavy atom. The van der Waals surface area contributed by atoms with E-state index in [1.54, 1.807) is 18.4 Å². The highest BCUT2D eigenvalue weighted by atomic mass is 16.6. The van der Waals surface area contributed by atoms with Gasteiger partial charge in [-0.3, -0.25) is 9.47 Å². The molecule has 42 heavy (non-hydrogen) atoms. The number of nitrogens with zero attached hydrogens (tertiary/aromatic N) is 6. The van der Waals surface area contributed by atoms with Crippen molar-refractivity contribution in [3.63, 3.8) is 0 Å². The molecule has 226 valence electrons. The van der Waals surface area contributed by atoms with Gasteiger partial charge >= 0.3 is 0 Å². The molecule has 6 N–H and O–H groups in total. The van der Waals surface area contributed by atoms with Crippen LogP contribution in [0, 0.1) is 5.92 Å². The summed E-state index contributed by atoms with van der Waals surface area (Å²) in [4.78, 5) is 22.7. The summed E-state index contributed by atoms with van der Waals surface area (Å²) in [5, 5.41) is 32.9. The lowest BCUT2D eigenvalue weighted by Crippen LogP contribution is -2.58. The van der Waals surface area contributed by atoms with Gasteiger partial charge in [0.05, 0.1) is 17.4 Å². The van der Waals surface area contributed by atoms with Crippen LogP contribution in [-0.2, 0) is 16.6 Å². The molecular formula is C30H42N8O4. The Labute approximate surface area is 245 Å². The van der Waals surface area contributed by atoms with Crippen LogP contribution in [0.4, 0.5) is 5.82 Å². The van der Waals surface area contributed by atoms with E-state index in [4.69, 9.17) is 15.5 Å². The van der Waals surface area contributed by atoms with E-state index in [-0.39, 0.29) is 23.8 Å². The SMILES string of the molecule is CC(C)(C)c1ccc2nc(CCC3CC(N(CC4OC(n5cnc6c(N)ncnc65)C(O)C4O)C(C)(C)O)C3)[nH]c2c1. The summed E-state index contributed by atoms with van der Waals surface area (Å²) in [5.41, 5.74) is 9.04. The maximum absolute atomic E-state index is 11.1. The number of nitrogen functional groups attached to an aromatic ring is 1. The molecule has 4 heterocycles. The van der Waals surface area contributed by atoms with Crippen LogP contribution in [0.15, 0.2) is 30.9 Å². The zero-order valence-corrected chi connectivity index (χ0v) is 24.9. The van der Waals surface area contributed by atoms with Gasteiger partial charge in [0.15, 0.2) is 17.7 Å². The number of hydrogen-bond acceptors (Lipinski definition) is 10. The average molecular weight is 579 g/mol. The van der Waals surface area contributed by atoms with Gasteiger partial charge in [-0.1, -0.05) is 26.8 Å². The number of ether oxygens (including phenoxy) is 1. The zero-order chi connectivity index (χ0) is 30.0. The Morgan fingerprint density at radius 2 is 1.86 bits per heavy atom. The van der Waals surface area contributed by atoms with E-state index < -0.39 is 30.3 Å². The molecule has 6 rings (SSSR count). The molecule has 1 aliphatic carbocycles. The molecule has 4 atom stereocenters. The second-order valence-corrected chi connectivity index (χ2v) is 13.5. The van der Waals surface area contributed by atoms with E-state index >= 15 is 0 Å². The molecule has 1 aromatic carbocycles. The maximum atomic E-state index is 11.1. The van der Waals surface area contributed by atoms with Crippen LogP contribution in [0.25, 0.3) is 22.2 Å². The number of nitrogens with two attached hydrogens (primary N) is 1. The van der Waals surface area contributed by atoms with E-state index in [9.17, 15) is 15.3 Å². The molecule has 1 aliphatic heterocycles. The molecule has 1 saturated carbocycles. The van der Waals surface area contributed by atoms with Gasteiger partial charge in [-0.25, -0.2) is 19.9 Å². The predicted molar refractivity (Wildman–Crippen MR) is 158 cm³/mol. The minimum absolute atomic E-state index is 0.0860. The van der Waals surface area contributed by atoms with E-state index in [1.807, 2.05) is 4.90 Å². The third kappa shape index (κ3) is 5.37. The first-order valence-electron chi connectivity index (χ1n) is 14.7. The fraction of sp³-hybridized carbons (Fsp3) is 0.600. The van der Waals surface area contributed by atoms with Gasteiger partial charge in [-0.15, -0.1) is 0 Å². The zero-order valence-electron chi connectivity index (χ0n) is 24.9. The molecule has 0 radical (unpaired) electrons. The summed E-state index contributed by atoms with van der Waals surface area (Å²) in [7, 11) is 0. The number of aromatic amines is 1. The summed E-state index contributed by atoms with van der Waals surface area (Å²) >= 11 is 0. The van der Waals surface area contributed by atoms with Crippen molar-refractivity contribution in [3.05, 3.63) is 42.2 Å². The summed E-state index contributed by atoms with van der Waals surface area (Å²) in [6.45, 7) is 10.4. The third-order valence-electron chi connectivity index (χ3n) is 8.92. The largest absolute Gasteiger partial charge is 0.387 e. The Bertz CT molecular complexity index is 1570. The standard InChI is InChI=1S/C30H42N8O4/c1-29(2,3)17-7-8-19-20(12-17)36-22(35-19)9-6-16-10-18(11-16)38(30(4,5)41)13-21-24(39)25(40)28(42-21)37-15-34-23-26(31)32-14-33-27(23)37/h7-8,12,14-16,18,21,24-25,28,39-41H,6,9-11,13H2,1-5H3,(H,35,36)(H2,31,32,33). The number of fused-ring (bicyclic) bond motifs is 2. The van der Waals surface area contributed by atoms with Gasteiger partial charge < -0.3 is 30.8 Å². The second kappa shape index (κ2) is 10.5. The monoisotopic (exact) mass is 578 g/mol. The van der Waals surface area contributed by atoms with E-state index in [2.05, 4.69) is 58.9 Å². The van der Waals surface area contributed by atoms with Crippen LogP contribution in [0.2, 0.25) is 0 Å². The van der Waals surface area contributed by atoms with Crippen molar-refractivity contribution in [2.45, 2.75) is 102 Å². The van der Waals surface area contributed by atoms with Crippen LogP contribution >= 0.6 is 0 Å². The van der Waals surface area contributed by atoms with Gasteiger partial charge in [0.25, 0.3) is 0 Å². The summed E-state index contributed by atoms with van der Waals surface area (Å²) in [5.74, 6) is 1.74. The van der Waals surface area contributed by atoms with E-state index in [1.165, 1.54) is 18.2 Å². The lowest BCUT2D eigenvalue weighted by molar-refractivity contribution is -0.151. The molecule has 1 saturated heterocycles. The fourth-order valence-corrected chi connectivity index (χ4v) is 6.36. The molecule has 12 heteroatoms. The smallest absolute Gasteiger partial charge is 0.167 e. The minimum atomic E-state index is -1.20. The molecule has 12 nitrogen and oxygen atoms in total. The molecule has 3 aromatic heterocycles. The first-order chi connectivity index (χ1) is 19.8. The number of benzene rings is 1. The van der Waals surface area contributed by atoms with Gasteiger partial charge in [0.2, 0.25) is 0 Å². The number of H-pyrrole nitrogens is 1. The molecule has 2 aliphatic rings. The number of aliphatic hydroxyl groups excluding tert-OH is 2. The van der Waals surface area contributed by atoms with Crippen LogP contribution < -0.4 is 5.73 Å².